The first-order chi connectivity index (χ1) is 8.10. The first-order valence-corrected chi connectivity index (χ1v) is 6.19. The number of nitrogens with zero attached hydrogens (tertiary/aromatic N) is 1. The van der Waals surface area contributed by atoms with Crippen molar-refractivity contribution in [3.63, 3.8) is 0 Å². The molecule has 1 aliphatic heterocycles. The lowest BCUT2D eigenvalue weighted by atomic mass is 10.1. The van der Waals surface area contributed by atoms with Crippen LogP contribution in [0.25, 0.3) is 0 Å². The Hall–Kier alpha value is -0.870. The van der Waals surface area contributed by atoms with E-state index in [2.05, 4.69) is 18.9 Å². The maximum atomic E-state index is 11.4. The molecule has 2 unspecified atom stereocenters. The number of hydrogen-bond donors (Lipinski definition) is 0. The van der Waals surface area contributed by atoms with Gasteiger partial charge in [0.2, 0.25) is 0 Å². The van der Waals surface area contributed by atoms with E-state index >= 15 is 0 Å². The van der Waals surface area contributed by atoms with Crippen LogP contribution in [0.2, 0.25) is 0 Å². The van der Waals surface area contributed by atoms with Crippen LogP contribution in [0.15, 0.2) is 11.6 Å². The van der Waals surface area contributed by atoms with E-state index < -0.39 is 0 Å². The largest absolute Gasteiger partial charge is 0.466 e. The van der Waals surface area contributed by atoms with Gasteiger partial charge in [0.05, 0.1) is 13.2 Å². The molecule has 1 rings (SSSR count). The van der Waals surface area contributed by atoms with Crippen LogP contribution in [-0.4, -0.2) is 50.3 Å². The molecule has 0 aromatic heterocycles. The zero-order valence-electron chi connectivity index (χ0n) is 11.2. The minimum absolute atomic E-state index is 0.225. The van der Waals surface area contributed by atoms with Gasteiger partial charge >= 0.3 is 5.97 Å². The highest BCUT2D eigenvalue weighted by atomic mass is 16.5. The van der Waals surface area contributed by atoms with Gasteiger partial charge in [-0.2, -0.15) is 0 Å². The van der Waals surface area contributed by atoms with E-state index in [1.807, 2.05) is 13.0 Å². The minimum Gasteiger partial charge on any atom is -0.466 e. The van der Waals surface area contributed by atoms with E-state index in [9.17, 15) is 4.79 Å². The number of likely N-dealkylation sites (N-methyl/N-ethyl adjacent to an activating group) is 1. The highest BCUT2D eigenvalue weighted by Crippen LogP contribution is 2.18. The van der Waals surface area contributed by atoms with Crippen molar-refractivity contribution >= 4 is 5.97 Å². The molecule has 98 valence electrons. The van der Waals surface area contributed by atoms with E-state index in [0.717, 1.165) is 25.1 Å². The fourth-order valence-electron chi connectivity index (χ4n) is 2.19. The standard InChI is InChI=1S/C13H23NO3/c1-5-11(13(15)16-4)6-8-14(3)12-7-9-17-10(12)2/h6,10,12H,5,7-9H2,1-4H3. The van der Waals surface area contributed by atoms with Crippen LogP contribution < -0.4 is 0 Å². The zero-order chi connectivity index (χ0) is 12.8. The van der Waals surface area contributed by atoms with Crippen LogP contribution in [0.3, 0.4) is 0 Å². The Labute approximate surface area is 104 Å². The van der Waals surface area contributed by atoms with Gasteiger partial charge in [-0.3, -0.25) is 4.90 Å². The van der Waals surface area contributed by atoms with E-state index in [0.29, 0.717) is 12.5 Å². The van der Waals surface area contributed by atoms with Gasteiger partial charge in [0.25, 0.3) is 0 Å². The van der Waals surface area contributed by atoms with Gasteiger partial charge in [-0.15, -0.1) is 0 Å². The van der Waals surface area contributed by atoms with Gasteiger partial charge in [0, 0.05) is 24.8 Å². The molecule has 17 heavy (non-hydrogen) atoms. The Balaban J connectivity index is 2.52. The third-order valence-electron chi connectivity index (χ3n) is 3.36. The fourth-order valence-corrected chi connectivity index (χ4v) is 2.19. The number of hydrogen-bond acceptors (Lipinski definition) is 4. The summed E-state index contributed by atoms with van der Waals surface area (Å²) in [6, 6.07) is 0.446. The lowest BCUT2D eigenvalue weighted by molar-refractivity contribution is -0.136. The molecule has 0 saturated carbocycles. The van der Waals surface area contributed by atoms with Crippen molar-refractivity contribution < 1.29 is 14.3 Å². The van der Waals surface area contributed by atoms with Gasteiger partial charge in [-0.1, -0.05) is 13.0 Å². The number of ether oxygens (including phenoxy) is 2. The normalized spacial score (nSPS) is 25.4. The van der Waals surface area contributed by atoms with Crippen molar-refractivity contribution in [3.8, 4) is 0 Å². The number of rotatable bonds is 5. The fraction of sp³-hybridized carbons (Fsp3) is 0.769. The lowest BCUT2D eigenvalue weighted by Gasteiger charge is -2.25. The van der Waals surface area contributed by atoms with Gasteiger partial charge in [-0.05, 0) is 26.8 Å². The summed E-state index contributed by atoms with van der Waals surface area (Å²) in [5, 5.41) is 0. The maximum absolute atomic E-state index is 11.4. The van der Waals surface area contributed by atoms with Crippen LogP contribution in [0.1, 0.15) is 26.7 Å². The third kappa shape index (κ3) is 3.82. The molecule has 0 aromatic carbocycles. The third-order valence-corrected chi connectivity index (χ3v) is 3.36. The second kappa shape index (κ2) is 6.77. The number of carbonyl (C=O) groups excluding carboxylic acids is 1. The molecule has 0 amide bonds. The monoisotopic (exact) mass is 241 g/mol. The molecule has 0 bridgehead atoms. The van der Waals surface area contributed by atoms with E-state index in [4.69, 9.17) is 9.47 Å². The highest BCUT2D eigenvalue weighted by molar-refractivity contribution is 5.88. The highest BCUT2D eigenvalue weighted by Gasteiger charge is 2.27. The van der Waals surface area contributed by atoms with Crippen molar-refractivity contribution in [1.82, 2.24) is 4.90 Å². The molecule has 2 atom stereocenters. The maximum Gasteiger partial charge on any atom is 0.333 e. The first kappa shape index (κ1) is 14.2. The van der Waals surface area contributed by atoms with Crippen LogP contribution in [0.4, 0.5) is 0 Å². The number of esters is 1. The van der Waals surface area contributed by atoms with Gasteiger partial charge in [0.15, 0.2) is 0 Å². The van der Waals surface area contributed by atoms with Gasteiger partial charge in [0.1, 0.15) is 0 Å². The molecule has 0 spiro atoms. The molecule has 0 aliphatic carbocycles. The van der Waals surface area contributed by atoms with Crippen LogP contribution >= 0.6 is 0 Å². The smallest absolute Gasteiger partial charge is 0.333 e. The molecule has 1 aliphatic rings. The van der Waals surface area contributed by atoms with E-state index in [1.165, 1.54) is 7.11 Å². The Morgan fingerprint density at radius 2 is 2.29 bits per heavy atom. The summed E-state index contributed by atoms with van der Waals surface area (Å²) < 4.78 is 10.3. The van der Waals surface area contributed by atoms with Crippen LogP contribution in [-0.2, 0) is 14.3 Å². The van der Waals surface area contributed by atoms with Crippen molar-refractivity contribution in [2.75, 3.05) is 27.3 Å². The summed E-state index contributed by atoms with van der Waals surface area (Å²) in [5.41, 5.74) is 0.742. The zero-order valence-corrected chi connectivity index (χ0v) is 11.2. The lowest BCUT2D eigenvalue weighted by Crippen LogP contribution is -2.36. The first-order valence-electron chi connectivity index (χ1n) is 6.19. The average molecular weight is 241 g/mol. The molecule has 0 aromatic rings. The summed E-state index contributed by atoms with van der Waals surface area (Å²) in [4.78, 5) is 13.6. The summed E-state index contributed by atoms with van der Waals surface area (Å²) in [6.07, 6.45) is 4.00. The topological polar surface area (TPSA) is 38.8 Å². The Morgan fingerprint density at radius 1 is 1.59 bits per heavy atom. The summed E-state index contributed by atoms with van der Waals surface area (Å²) in [7, 11) is 3.49. The molecule has 4 heteroatoms. The molecule has 0 N–H and O–H groups in total. The molecule has 0 radical (unpaired) electrons. The van der Waals surface area contributed by atoms with Gasteiger partial charge in [-0.25, -0.2) is 4.79 Å². The summed E-state index contributed by atoms with van der Waals surface area (Å²) >= 11 is 0. The molecule has 1 saturated heterocycles. The number of methoxy groups -OCH3 is 1. The average Bonchev–Trinajstić information content (AvgIpc) is 2.75. The van der Waals surface area contributed by atoms with Crippen molar-refractivity contribution in [1.29, 1.82) is 0 Å². The van der Waals surface area contributed by atoms with Crippen LogP contribution in [0.5, 0.6) is 0 Å². The molecular formula is C13H23NO3. The SMILES string of the molecule is CCC(=CCN(C)C1CCOC1C)C(=O)OC. The Morgan fingerprint density at radius 3 is 2.76 bits per heavy atom. The quantitative estimate of drug-likeness (QED) is 0.541. The molecule has 1 fully saturated rings. The Kier molecular flexibility index (Phi) is 5.65. The minimum atomic E-state index is -0.225. The van der Waals surface area contributed by atoms with Crippen molar-refractivity contribution in [2.45, 2.75) is 38.8 Å². The van der Waals surface area contributed by atoms with E-state index in [1.54, 1.807) is 0 Å². The van der Waals surface area contributed by atoms with Gasteiger partial charge < -0.3 is 9.47 Å². The van der Waals surface area contributed by atoms with E-state index in [-0.39, 0.29) is 12.1 Å². The van der Waals surface area contributed by atoms with Crippen molar-refractivity contribution in [3.05, 3.63) is 11.6 Å². The summed E-state index contributed by atoms with van der Waals surface area (Å²) in [6.45, 7) is 5.65. The Bertz CT molecular complexity index is 288. The predicted molar refractivity (Wildman–Crippen MR) is 66.8 cm³/mol. The molecular weight excluding hydrogens is 218 g/mol. The molecule has 4 nitrogen and oxygen atoms in total. The second-order valence-corrected chi connectivity index (χ2v) is 4.45. The second-order valence-electron chi connectivity index (χ2n) is 4.45. The summed E-state index contributed by atoms with van der Waals surface area (Å²) in [5.74, 6) is -0.225. The molecule has 1 heterocycles. The number of carbonyl (C=O) groups is 1. The van der Waals surface area contributed by atoms with Crippen molar-refractivity contribution in [2.24, 2.45) is 0 Å². The predicted octanol–water partition coefficient (Wildman–Crippen LogP) is 1.60. The van der Waals surface area contributed by atoms with Crippen LogP contribution in [0, 0.1) is 0 Å².